The van der Waals surface area contributed by atoms with E-state index >= 15 is 0 Å². The number of anilines is 1. The number of aryl methyl sites for hydroxylation is 1. The van der Waals surface area contributed by atoms with Crippen molar-refractivity contribution in [1.82, 2.24) is 24.8 Å². The van der Waals surface area contributed by atoms with Crippen LogP contribution in [0.2, 0.25) is 0 Å². The van der Waals surface area contributed by atoms with Gasteiger partial charge in [0.05, 0.1) is 5.69 Å². The third-order valence-corrected chi connectivity index (χ3v) is 4.00. The summed E-state index contributed by atoms with van der Waals surface area (Å²) in [4.78, 5) is 12.3. The lowest BCUT2D eigenvalue weighted by Crippen LogP contribution is -2.14. The van der Waals surface area contributed by atoms with E-state index in [1.165, 1.54) is 11.7 Å². The van der Waals surface area contributed by atoms with Crippen molar-refractivity contribution in [2.24, 2.45) is 0 Å². The Labute approximate surface area is 143 Å². The zero-order valence-electron chi connectivity index (χ0n) is 13.4. The molecule has 0 spiro atoms. The van der Waals surface area contributed by atoms with Crippen molar-refractivity contribution in [1.29, 1.82) is 0 Å². The Morgan fingerprint density at radius 2 is 2.00 bits per heavy atom. The third kappa shape index (κ3) is 3.25. The molecule has 4 aromatic rings. The fourth-order valence-corrected chi connectivity index (χ4v) is 2.79. The Morgan fingerprint density at radius 1 is 1.08 bits per heavy atom. The van der Waals surface area contributed by atoms with Crippen LogP contribution in [-0.2, 0) is 11.3 Å². The van der Waals surface area contributed by atoms with Gasteiger partial charge in [-0.05, 0) is 46.1 Å². The van der Waals surface area contributed by atoms with Crippen LogP contribution in [0.15, 0.2) is 67.1 Å². The monoisotopic (exact) mass is 332 g/mol. The SMILES string of the molecule is O=C(CCn1ccc2ccccc21)Nc1cccc(-n2cnnn2)c1. The minimum absolute atomic E-state index is 0.0355. The number of rotatable bonds is 5. The van der Waals surface area contributed by atoms with Crippen LogP contribution in [0.1, 0.15) is 6.42 Å². The summed E-state index contributed by atoms with van der Waals surface area (Å²) in [7, 11) is 0. The summed E-state index contributed by atoms with van der Waals surface area (Å²) in [5.41, 5.74) is 2.64. The molecular weight excluding hydrogens is 316 g/mol. The number of hydrogen-bond acceptors (Lipinski definition) is 4. The zero-order chi connectivity index (χ0) is 17.1. The molecule has 7 nitrogen and oxygen atoms in total. The molecule has 2 aromatic heterocycles. The maximum absolute atomic E-state index is 12.3. The minimum Gasteiger partial charge on any atom is -0.347 e. The van der Waals surface area contributed by atoms with Gasteiger partial charge in [-0.15, -0.1) is 5.10 Å². The highest BCUT2D eigenvalue weighted by Crippen LogP contribution is 2.16. The molecule has 7 heteroatoms. The highest BCUT2D eigenvalue weighted by molar-refractivity contribution is 5.91. The Balaban J connectivity index is 1.42. The standard InChI is InChI=1S/C18H16N6O/c25-18(9-11-23-10-8-14-4-1-2-7-17(14)23)20-15-5-3-6-16(12-15)24-13-19-21-22-24/h1-8,10,12-13H,9,11H2,(H,20,25). The number of para-hydroxylation sites is 1. The lowest BCUT2D eigenvalue weighted by Gasteiger charge is -2.08. The van der Waals surface area contributed by atoms with Gasteiger partial charge in [0, 0.05) is 30.4 Å². The van der Waals surface area contributed by atoms with Crippen molar-refractivity contribution >= 4 is 22.5 Å². The van der Waals surface area contributed by atoms with Crippen molar-refractivity contribution in [2.45, 2.75) is 13.0 Å². The van der Waals surface area contributed by atoms with Crippen molar-refractivity contribution in [3.8, 4) is 5.69 Å². The van der Waals surface area contributed by atoms with Gasteiger partial charge in [0.2, 0.25) is 5.91 Å². The normalized spacial score (nSPS) is 10.9. The number of fused-ring (bicyclic) bond motifs is 1. The summed E-state index contributed by atoms with van der Waals surface area (Å²) in [6, 6.07) is 17.6. The lowest BCUT2D eigenvalue weighted by atomic mass is 10.2. The first kappa shape index (κ1) is 15.1. The first-order chi connectivity index (χ1) is 12.3. The molecule has 0 aliphatic carbocycles. The van der Waals surface area contributed by atoms with Crippen LogP contribution in [0.5, 0.6) is 0 Å². The number of nitrogens with zero attached hydrogens (tertiary/aromatic N) is 5. The maximum Gasteiger partial charge on any atom is 0.226 e. The predicted octanol–water partition coefficient (Wildman–Crippen LogP) is 2.65. The van der Waals surface area contributed by atoms with Gasteiger partial charge >= 0.3 is 0 Å². The molecule has 0 bridgehead atoms. The molecule has 1 N–H and O–H groups in total. The van der Waals surface area contributed by atoms with Gasteiger partial charge in [-0.1, -0.05) is 24.3 Å². The number of nitrogens with one attached hydrogen (secondary N) is 1. The molecule has 0 unspecified atom stereocenters. The molecule has 2 aromatic carbocycles. The van der Waals surface area contributed by atoms with Gasteiger partial charge in [-0.3, -0.25) is 4.79 Å². The quantitative estimate of drug-likeness (QED) is 0.609. The van der Waals surface area contributed by atoms with Gasteiger partial charge in [0.15, 0.2) is 0 Å². The molecule has 1 amide bonds. The molecule has 0 saturated heterocycles. The fraction of sp³-hybridized carbons (Fsp3) is 0.111. The van der Waals surface area contributed by atoms with Gasteiger partial charge in [0.1, 0.15) is 6.33 Å². The largest absolute Gasteiger partial charge is 0.347 e. The van der Waals surface area contributed by atoms with E-state index in [-0.39, 0.29) is 5.91 Å². The number of hydrogen-bond donors (Lipinski definition) is 1. The van der Waals surface area contributed by atoms with E-state index in [0.29, 0.717) is 13.0 Å². The Kier molecular flexibility index (Phi) is 3.96. The molecule has 0 aliphatic rings. The van der Waals surface area contributed by atoms with E-state index in [1.54, 1.807) is 4.68 Å². The van der Waals surface area contributed by atoms with Crippen molar-refractivity contribution in [3.63, 3.8) is 0 Å². The zero-order valence-corrected chi connectivity index (χ0v) is 13.4. The summed E-state index contributed by atoms with van der Waals surface area (Å²) in [5, 5.41) is 15.2. The molecule has 4 rings (SSSR count). The first-order valence-electron chi connectivity index (χ1n) is 7.97. The van der Waals surface area contributed by atoms with Gasteiger partial charge in [-0.2, -0.15) is 0 Å². The second kappa shape index (κ2) is 6.56. The van der Waals surface area contributed by atoms with E-state index < -0.39 is 0 Å². The number of carbonyl (C=O) groups is 1. The van der Waals surface area contributed by atoms with Gasteiger partial charge in [0.25, 0.3) is 0 Å². The van der Waals surface area contributed by atoms with Gasteiger partial charge < -0.3 is 9.88 Å². The average molecular weight is 332 g/mol. The number of tetrazole rings is 1. The Bertz CT molecular complexity index is 1010. The van der Waals surface area contributed by atoms with Crippen LogP contribution in [0.25, 0.3) is 16.6 Å². The van der Waals surface area contributed by atoms with E-state index in [2.05, 4.69) is 43.6 Å². The molecule has 25 heavy (non-hydrogen) atoms. The Hall–Kier alpha value is -3.48. The summed E-state index contributed by atoms with van der Waals surface area (Å²) in [6.45, 7) is 0.631. The smallest absolute Gasteiger partial charge is 0.226 e. The fourth-order valence-electron chi connectivity index (χ4n) is 2.79. The molecule has 0 aliphatic heterocycles. The van der Waals surface area contributed by atoms with E-state index in [9.17, 15) is 4.79 Å². The van der Waals surface area contributed by atoms with Crippen LogP contribution in [0.4, 0.5) is 5.69 Å². The predicted molar refractivity (Wildman–Crippen MR) is 94.3 cm³/mol. The number of carbonyl (C=O) groups excluding carboxylic acids is 1. The third-order valence-electron chi connectivity index (χ3n) is 4.00. The van der Waals surface area contributed by atoms with E-state index in [1.807, 2.05) is 42.6 Å². The maximum atomic E-state index is 12.3. The summed E-state index contributed by atoms with van der Waals surface area (Å²) in [5.74, 6) is -0.0355. The summed E-state index contributed by atoms with van der Waals surface area (Å²) < 4.78 is 3.63. The second-order valence-corrected chi connectivity index (χ2v) is 5.67. The average Bonchev–Trinajstić information content (AvgIpc) is 3.30. The van der Waals surface area contributed by atoms with Gasteiger partial charge in [-0.25, -0.2) is 4.68 Å². The summed E-state index contributed by atoms with van der Waals surface area (Å²) >= 11 is 0. The number of aromatic nitrogens is 5. The molecule has 2 heterocycles. The first-order valence-corrected chi connectivity index (χ1v) is 7.97. The minimum atomic E-state index is -0.0355. The van der Waals surface area contributed by atoms with Crippen molar-refractivity contribution in [3.05, 3.63) is 67.1 Å². The van der Waals surface area contributed by atoms with Crippen molar-refractivity contribution < 1.29 is 4.79 Å². The van der Waals surface area contributed by atoms with Crippen LogP contribution in [0.3, 0.4) is 0 Å². The molecule has 0 fully saturated rings. The topological polar surface area (TPSA) is 77.6 Å². The van der Waals surface area contributed by atoms with Crippen LogP contribution in [0, 0.1) is 0 Å². The number of benzene rings is 2. The van der Waals surface area contributed by atoms with Crippen LogP contribution < -0.4 is 5.32 Å². The molecule has 0 saturated carbocycles. The molecule has 0 radical (unpaired) electrons. The molecule has 124 valence electrons. The van der Waals surface area contributed by atoms with E-state index in [0.717, 1.165) is 16.9 Å². The van der Waals surface area contributed by atoms with Crippen molar-refractivity contribution in [2.75, 3.05) is 5.32 Å². The molecule has 0 atom stereocenters. The highest BCUT2D eigenvalue weighted by Gasteiger charge is 2.06. The second-order valence-electron chi connectivity index (χ2n) is 5.67. The van der Waals surface area contributed by atoms with Crippen LogP contribution >= 0.6 is 0 Å². The Morgan fingerprint density at radius 3 is 2.88 bits per heavy atom. The number of amides is 1. The van der Waals surface area contributed by atoms with Crippen LogP contribution in [-0.4, -0.2) is 30.7 Å². The molecular formula is C18H16N6O. The lowest BCUT2D eigenvalue weighted by molar-refractivity contribution is -0.116. The highest BCUT2D eigenvalue weighted by atomic mass is 16.1. The summed E-state index contributed by atoms with van der Waals surface area (Å²) in [6.07, 6.45) is 3.92. The van der Waals surface area contributed by atoms with E-state index in [4.69, 9.17) is 0 Å².